The zero-order valence-corrected chi connectivity index (χ0v) is 13.5. The molecular formula is C16H18N2O4S. The highest BCUT2D eigenvalue weighted by Gasteiger charge is 2.09. The molecule has 0 spiro atoms. The van der Waals surface area contributed by atoms with Crippen LogP contribution in [0.3, 0.4) is 0 Å². The van der Waals surface area contributed by atoms with Gasteiger partial charge in [0.25, 0.3) is 5.91 Å². The second-order valence-corrected chi connectivity index (χ2v) is 5.31. The molecule has 122 valence electrons. The standard InChI is InChI=1S/C16H18N2O4S/c1-2-3-4-9-16(21)22-10-15(20)18-12-7-5-6-8-13(12)23-11-14(17)19/h2-9H,10-11H2,1H3,(H2,17,19)(H,18,20)/b3-2+,9-4+. The van der Waals surface area contributed by atoms with Crippen molar-refractivity contribution in [2.24, 2.45) is 5.73 Å². The fourth-order valence-corrected chi connectivity index (χ4v) is 2.21. The quantitative estimate of drug-likeness (QED) is 0.327. The molecule has 6 nitrogen and oxygen atoms in total. The topological polar surface area (TPSA) is 98.5 Å². The van der Waals surface area contributed by atoms with Crippen LogP contribution in [0.15, 0.2) is 53.5 Å². The Balaban J connectivity index is 2.54. The number of benzene rings is 1. The molecule has 0 aromatic heterocycles. The van der Waals surface area contributed by atoms with Gasteiger partial charge in [-0.05, 0) is 19.1 Å². The van der Waals surface area contributed by atoms with Gasteiger partial charge in [-0.1, -0.05) is 30.4 Å². The van der Waals surface area contributed by atoms with Crippen LogP contribution in [0.1, 0.15) is 6.92 Å². The minimum atomic E-state index is -0.602. The van der Waals surface area contributed by atoms with Gasteiger partial charge in [-0.25, -0.2) is 4.79 Å². The first-order chi connectivity index (χ1) is 11.0. The number of carbonyl (C=O) groups excluding carboxylic acids is 3. The number of para-hydroxylation sites is 1. The van der Waals surface area contributed by atoms with Gasteiger partial charge in [-0.3, -0.25) is 9.59 Å². The molecule has 0 saturated heterocycles. The van der Waals surface area contributed by atoms with E-state index in [9.17, 15) is 14.4 Å². The number of ether oxygens (including phenoxy) is 1. The van der Waals surface area contributed by atoms with E-state index < -0.39 is 24.4 Å². The number of amides is 2. The van der Waals surface area contributed by atoms with E-state index in [1.807, 2.05) is 6.92 Å². The lowest BCUT2D eigenvalue weighted by Gasteiger charge is -2.10. The average Bonchev–Trinajstić information content (AvgIpc) is 2.52. The van der Waals surface area contributed by atoms with Crippen molar-refractivity contribution in [1.29, 1.82) is 0 Å². The van der Waals surface area contributed by atoms with Crippen LogP contribution in [0.4, 0.5) is 5.69 Å². The number of hydrogen-bond donors (Lipinski definition) is 2. The van der Waals surface area contributed by atoms with Crippen LogP contribution in [0.5, 0.6) is 0 Å². The van der Waals surface area contributed by atoms with Gasteiger partial charge in [0.15, 0.2) is 6.61 Å². The molecule has 0 heterocycles. The van der Waals surface area contributed by atoms with Crippen LogP contribution < -0.4 is 11.1 Å². The number of nitrogens with two attached hydrogens (primary N) is 1. The normalized spacial score (nSPS) is 10.8. The van der Waals surface area contributed by atoms with Crippen molar-refractivity contribution in [2.45, 2.75) is 11.8 Å². The molecular weight excluding hydrogens is 316 g/mol. The number of nitrogens with one attached hydrogen (secondary N) is 1. The van der Waals surface area contributed by atoms with Gasteiger partial charge >= 0.3 is 5.97 Å². The van der Waals surface area contributed by atoms with Crippen molar-refractivity contribution in [1.82, 2.24) is 0 Å². The summed E-state index contributed by atoms with van der Waals surface area (Å²) in [5.41, 5.74) is 5.64. The summed E-state index contributed by atoms with van der Waals surface area (Å²) < 4.78 is 4.81. The third-order valence-corrected chi connectivity index (χ3v) is 3.51. The van der Waals surface area contributed by atoms with E-state index in [1.54, 1.807) is 36.4 Å². The van der Waals surface area contributed by atoms with Crippen molar-refractivity contribution >= 4 is 35.2 Å². The summed E-state index contributed by atoms with van der Waals surface area (Å²) >= 11 is 1.22. The Kier molecular flexibility index (Phi) is 8.23. The SMILES string of the molecule is C/C=C/C=C/C(=O)OCC(=O)Nc1ccccc1SCC(N)=O. The van der Waals surface area contributed by atoms with Crippen LogP contribution in [-0.4, -0.2) is 30.1 Å². The first kappa shape index (κ1) is 18.5. The number of anilines is 1. The lowest BCUT2D eigenvalue weighted by molar-refractivity contribution is -0.142. The maximum Gasteiger partial charge on any atom is 0.331 e. The molecule has 0 aliphatic carbocycles. The Morgan fingerprint density at radius 2 is 2.00 bits per heavy atom. The molecule has 0 atom stereocenters. The number of carbonyl (C=O) groups is 3. The molecule has 0 saturated carbocycles. The second kappa shape index (κ2) is 10.2. The fourth-order valence-electron chi connectivity index (χ4n) is 1.46. The molecule has 0 aliphatic heterocycles. The Morgan fingerprint density at radius 1 is 1.26 bits per heavy atom. The van der Waals surface area contributed by atoms with Crippen LogP contribution in [0, 0.1) is 0 Å². The first-order valence-corrected chi connectivity index (χ1v) is 7.77. The first-order valence-electron chi connectivity index (χ1n) is 6.79. The summed E-state index contributed by atoms with van der Waals surface area (Å²) in [7, 11) is 0. The van der Waals surface area contributed by atoms with Crippen LogP contribution in [0.25, 0.3) is 0 Å². The van der Waals surface area contributed by atoms with Gasteiger partial charge in [-0.2, -0.15) is 0 Å². The van der Waals surface area contributed by atoms with Gasteiger partial charge in [0.1, 0.15) is 0 Å². The van der Waals surface area contributed by atoms with Gasteiger partial charge in [0, 0.05) is 11.0 Å². The molecule has 1 rings (SSSR count). The number of rotatable bonds is 8. The summed E-state index contributed by atoms with van der Waals surface area (Å²) in [6.45, 7) is 1.42. The number of primary amides is 1. The van der Waals surface area contributed by atoms with E-state index in [0.717, 1.165) is 0 Å². The zero-order valence-electron chi connectivity index (χ0n) is 12.7. The van der Waals surface area contributed by atoms with Gasteiger partial charge in [0.2, 0.25) is 5.91 Å². The lowest BCUT2D eigenvalue weighted by atomic mass is 10.3. The van der Waals surface area contributed by atoms with E-state index in [1.165, 1.54) is 23.9 Å². The molecule has 23 heavy (non-hydrogen) atoms. The Bertz CT molecular complexity index is 626. The van der Waals surface area contributed by atoms with E-state index >= 15 is 0 Å². The average molecular weight is 334 g/mol. The molecule has 1 aromatic carbocycles. The van der Waals surface area contributed by atoms with Crippen LogP contribution >= 0.6 is 11.8 Å². The molecule has 0 fully saturated rings. The number of thioether (sulfide) groups is 1. The largest absolute Gasteiger partial charge is 0.452 e. The highest BCUT2D eigenvalue weighted by Crippen LogP contribution is 2.26. The van der Waals surface area contributed by atoms with Crippen LogP contribution in [-0.2, 0) is 19.1 Å². The Morgan fingerprint density at radius 3 is 2.70 bits per heavy atom. The van der Waals surface area contributed by atoms with E-state index in [4.69, 9.17) is 10.5 Å². The molecule has 1 aromatic rings. The highest BCUT2D eigenvalue weighted by atomic mass is 32.2. The molecule has 7 heteroatoms. The minimum absolute atomic E-state index is 0.109. The summed E-state index contributed by atoms with van der Waals surface area (Å²) in [5.74, 6) is -1.41. The van der Waals surface area contributed by atoms with Crippen molar-refractivity contribution in [3.63, 3.8) is 0 Å². The summed E-state index contributed by atoms with van der Waals surface area (Å²) in [6, 6.07) is 6.98. The monoisotopic (exact) mass is 334 g/mol. The summed E-state index contributed by atoms with van der Waals surface area (Å²) in [4.78, 5) is 34.7. The van der Waals surface area contributed by atoms with Gasteiger partial charge in [-0.15, -0.1) is 11.8 Å². The lowest BCUT2D eigenvalue weighted by Crippen LogP contribution is -2.20. The summed E-state index contributed by atoms with van der Waals surface area (Å²) in [6.07, 6.45) is 6.19. The van der Waals surface area contributed by atoms with Crippen molar-refractivity contribution in [3.8, 4) is 0 Å². The Labute approximate surface area is 138 Å². The van der Waals surface area contributed by atoms with Gasteiger partial charge < -0.3 is 15.8 Å². The van der Waals surface area contributed by atoms with Crippen molar-refractivity contribution in [3.05, 3.63) is 48.6 Å². The number of esters is 1. The third kappa shape index (κ3) is 7.87. The van der Waals surface area contributed by atoms with E-state index in [2.05, 4.69) is 5.32 Å². The molecule has 0 unspecified atom stereocenters. The molecule has 3 N–H and O–H groups in total. The number of allylic oxidation sites excluding steroid dienone is 3. The predicted octanol–water partition coefficient (Wildman–Crippen LogP) is 1.88. The molecule has 2 amide bonds. The third-order valence-electron chi connectivity index (χ3n) is 2.41. The maximum absolute atomic E-state index is 11.8. The fraction of sp³-hybridized carbons (Fsp3) is 0.188. The minimum Gasteiger partial charge on any atom is -0.452 e. The van der Waals surface area contributed by atoms with Crippen molar-refractivity contribution < 1.29 is 19.1 Å². The predicted molar refractivity (Wildman–Crippen MR) is 89.9 cm³/mol. The maximum atomic E-state index is 11.8. The Hall–Kier alpha value is -2.54. The molecule has 0 bridgehead atoms. The second-order valence-electron chi connectivity index (χ2n) is 4.29. The smallest absolute Gasteiger partial charge is 0.331 e. The van der Waals surface area contributed by atoms with Crippen molar-refractivity contribution in [2.75, 3.05) is 17.7 Å². The van der Waals surface area contributed by atoms with Gasteiger partial charge in [0.05, 0.1) is 11.4 Å². The summed E-state index contributed by atoms with van der Waals surface area (Å²) in [5, 5.41) is 2.63. The molecule has 0 radical (unpaired) electrons. The van der Waals surface area contributed by atoms with E-state index in [-0.39, 0.29) is 5.75 Å². The molecule has 0 aliphatic rings. The van der Waals surface area contributed by atoms with Crippen LogP contribution in [0.2, 0.25) is 0 Å². The van der Waals surface area contributed by atoms with E-state index in [0.29, 0.717) is 10.6 Å². The number of hydrogen-bond acceptors (Lipinski definition) is 5. The zero-order chi connectivity index (χ0) is 17.1. The highest BCUT2D eigenvalue weighted by molar-refractivity contribution is 8.00.